The number of hydrogen-bond acceptors (Lipinski definition) is 3. The van der Waals surface area contributed by atoms with E-state index < -0.39 is 0 Å². The molecule has 11 heavy (non-hydrogen) atoms. The van der Waals surface area contributed by atoms with E-state index in [4.69, 9.17) is 0 Å². The minimum atomic E-state index is -0.330. The molecule has 1 fully saturated rings. The first-order valence-corrected chi connectivity index (χ1v) is 4.59. The Hall–Kier alpha value is -0.380. The van der Waals surface area contributed by atoms with Gasteiger partial charge in [0.1, 0.15) is 4.87 Å². The smallest absolute Gasteiger partial charge is 0.407 e. The van der Waals surface area contributed by atoms with Crippen LogP contribution in [0, 0.1) is 5.92 Å². The number of carbonyl (C=O) groups is 1. The van der Waals surface area contributed by atoms with Gasteiger partial charge < -0.3 is 10.1 Å². The Morgan fingerprint density at radius 2 is 2.27 bits per heavy atom. The van der Waals surface area contributed by atoms with E-state index in [1.165, 1.54) is 7.11 Å². The van der Waals surface area contributed by atoms with Gasteiger partial charge in [-0.1, -0.05) is 13.8 Å². The Kier molecular flexibility index (Phi) is 2.32. The van der Waals surface area contributed by atoms with Gasteiger partial charge in [0.05, 0.1) is 7.11 Å². The van der Waals surface area contributed by atoms with Gasteiger partial charge in [0.2, 0.25) is 0 Å². The SMILES string of the molecule is COC(=O)N[C@]1(C(C)C)CS1. The first-order valence-electron chi connectivity index (χ1n) is 3.61. The Balaban J connectivity index is 2.41. The Bertz CT molecular complexity index is 166. The van der Waals surface area contributed by atoms with Crippen LogP contribution in [0.4, 0.5) is 4.79 Å². The van der Waals surface area contributed by atoms with E-state index in [9.17, 15) is 4.79 Å². The molecule has 0 unspecified atom stereocenters. The first-order chi connectivity index (χ1) is 5.10. The molecule has 1 heterocycles. The normalized spacial score (nSPS) is 28.4. The van der Waals surface area contributed by atoms with E-state index >= 15 is 0 Å². The Morgan fingerprint density at radius 1 is 1.73 bits per heavy atom. The summed E-state index contributed by atoms with van der Waals surface area (Å²) in [6.07, 6.45) is -0.330. The second-order valence-electron chi connectivity index (χ2n) is 2.95. The average Bonchev–Trinajstić information content (AvgIpc) is 2.69. The van der Waals surface area contributed by atoms with Crippen molar-refractivity contribution < 1.29 is 9.53 Å². The van der Waals surface area contributed by atoms with Crippen LogP contribution in [0.1, 0.15) is 13.8 Å². The van der Waals surface area contributed by atoms with E-state index in [0.717, 1.165) is 5.75 Å². The minimum Gasteiger partial charge on any atom is -0.453 e. The van der Waals surface area contributed by atoms with Gasteiger partial charge in [0, 0.05) is 5.75 Å². The summed E-state index contributed by atoms with van der Waals surface area (Å²) >= 11 is 1.76. The summed E-state index contributed by atoms with van der Waals surface area (Å²) in [5.74, 6) is 1.46. The van der Waals surface area contributed by atoms with E-state index in [0.29, 0.717) is 5.92 Å². The number of hydrogen-bond donors (Lipinski definition) is 1. The molecule has 1 N–H and O–H groups in total. The van der Waals surface area contributed by atoms with Crippen molar-refractivity contribution in [2.45, 2.75) is 18.7 Å². The fraction of sp³-hybridized carbons (Fsp3) is 0.857. The Labute approximate surface area is 70.9 Å². The number of rotatable bonds is 2. The summed E-state index contributed by atoms with van der Waals surface area (Å²) in [6.45, 7) is 4.19. The van der Waals surface area contributed by atoms with Crippen molar-refractivity contribution in [2.75, 3.05) is 12.9 Å². The molecule has 64 valence electrons. The van der Waals surface area contributed by atoms with Crippen LogP contribution < -0.4 is 5.32 Å². The summed E-state index contributed by atoms with van der Waals surface area (Å²) < 4.78 is 4.51. The summed E-state index contributed by atoms with van der Waals surface area (Å²) in [5, 5.41) is 2.82. The minimum absolute atomic E-state index is 0.0346. The van der Waals surface area contributed by atoms with Crippen LogP contribution in [0.15, 0.2) is 0 Å². The number of thioether (sulfide) groups is 1. The number of amides is 1. The van der Waals surface area contributed by atoms with Crippen LogP contribution in [-0.2, 0) is 4.74 Å². The predicted molar refractivity (Wildman–Crippen MR) is 45.6 cm³/mol. The molecule has 1 amide bonds. The summed E-state index contributed by atoms with van der Waals surface area (Å²) in [7, 11) is 1.39. The maximum Gasteiger partial charge on any atom is 0.407 e. The number of carbonyl (C=O) groups excluding carboxylic acids is 1. The van der Waals surface area contributed by atoms with Crippen molar-refractivity contribution in [1.29, 1.82) is 0 Å². The van der Waals surface area contributed by atoms with Gasteiger partial charge in [-0.25, -0.2) is 4.79 Å². The highest BCUT2D eigenvalue weighted by molar-refractivity contribution is 8.07. The summed E-state index contributed by atoms with van der Waals surface area (Å²) in [4.78, 5) is 10.8. The molecule has 0 spiro atoms. The quantitative estimate of drug-likeness (QED) is 0.645. The number of nitrogens with one attached hydrogen (secondary N) is 1. The zero-order valence-corrected chi connectivity index (χ0v) is 7.83. The Morgan fingerprint density at radius 3 is 2.55 bits per heavy atom. The van der Waals surface area contributed by atoms with Crippen molar-refractivity contribution in [3.63, 3.8) is 0 Å². The van der Waals surface area contributed by atoms with Crippen LogP contribution in [0.25, 0.3) is 0 Å². The molecule has 3 nitrogen and oxygen atoms in total. The molecule has 1 rings (SSSR count). The molecule has 1 atom stereocenters. The fourth-order valence-corrected chi connectivity index (χ4v) is 1.90. The second-order valence-corrected chi connectivity index (χ2v) is 4.26. The van der Waals surface area contributed by atoms with Gasteiger partial charge in [0.25, 0.3) is 0 Å². The molecule has 0 saturated carbocycles. The highest BCUT2D eigenvalue weighted by atomic mass is 32.2. The molecule has 1 aliphatic heterocycles. The monoisotopic (exact) mass is 175 g/mol. The lowest BCUT2D eigenvalue weighted by molar-refractivity contribution is 0.164. The number of methoxy groups -OCH3 is 1. The van der Waals surface area contributed by atoms with Crippen molar-refractivity contribution in [1.82, 2.24) is 5.32 Å². The molecule has 4 heteroatoms. The van der Waals surface area contributed by atoms with E-state index in [2.05, 4.69) is 23.9 Å². The van der Waals surface area contributed by atoms with E-state index in [1.54, 1.807) is 11.8 Å². The third-order valence-electron chi connectivity index (χ3n) is 1.89. The maximum absolute atomic E-state index is 10.8. The topological polar surface area (TPSA) is 38.3 Å². The highest BCUT2D eigenvalue weighted by Crippen LogP contribution is 2.47. The van der Waals surface area contributed by atoms with Crippen molar-refractivity contribution in [3.05, 3.63) is 0 Å². The molecule has 0 aromatic heterocycles. The van der Waals surface area contributed by atoms with E-state index in [-0.39, 0.29) is 11.0 Å². The van der Waals surface area contributed by atoms with E-state index in [1.807, 2.05) is 0 Å². The molecule has 0 aromatic carbocycles. The third kappa shape index (κ3) is 1.80. The highest BCUT2D eigenvalue weighted by Gasteiger charge is 2.48. The summed E-state index contributed by atoms with van der Waals surface area (Å²) in [6, 6.07) is 0. The lowest BCUT2D eigenvalue weighted by Gasteiger charge is -2.18. The average molecular weight is 175 g/mol. The maximum atomic E-state index is 10.8. The fourth-order valence-electron chi connectivity index (χ4n) is 0.851. The standard InChI is InChI=1S/C7H13NO2S/c1-5(2)7(4-11-7)8-6(9)10-3/h5H,4H2,1-3H3,(H,8,9)/t7-/m1/s1. The molecule has 0 bridgehead atoms. The zero-order chi connectivity index (χ0) is 8.48. The number of alkyl carbamates (subject to hydrolysis) is 1. The molecular weight excluding hydrogens is 162 g/mol. The van der Waals surface area contributed by atoms with Gasteiger partial charge in [-0.2, -0.15) is 0 Å². The van der Waals surface area contributed by atoms with Crippen molar-refractivity contribution in [3.8, 4) is 0 Å². The third-order valence-corrected chi connectivity index (χ3v) is 3.37. The summed E-state index contributed by atoms with van der Waals surface area (Å²) in [5.41, 5.74) is 0. The molecule has 0 aliphatic carbocycles. The first kappa shape index (κ1) is 8.71. The van der Waals surface area contributed by atoms with Gasteiger partial charge >= 0.3 is 6.09 Å². The lowest BCUT2D eigenvalue weighted by Crippen LogP contribution is -2.40. The van der Waals surface area contributed by atoms with Gasteiger partial charge in [-0.05, 0) is 5.92 Å². The van der Waals surface area contributed by atoms with Crippen LogP contribution in [-0.4, -0.2) is 23.8 Å². The number of ether oxygens (including phenoxy) is 1. The van der Waals surface area contributed by atoms with Crippen LogP contribution in [0.5, 0.6) is 0 Å². The van der Waals surface area contributed by atoms with Crippen LogP contribution >= 0.6 is 11.8 Å². The lowest BCUT2D eigenvalue weighted by atomic mass is 10.1. The van der Waals surface area contributed by atoms with Gasteiger partial charge in [0.15, 0.2) is 0 Å². The second kappa shape index (κ2) is 2.93. The predicted octanol–water partition coefficient (Wildman–Crippen LogP) is 1.44. The van der Waals surface area contributed by atoms with Crippen LogP contribution in [0.2, 0.25) is 0 Å². The van der Waals surface area contributed by atoms with Crippen molar-refractivity contribution >= 4 is 17.9 Å². The van der Waals surface area contributed by atoms with Crippen LogP contribution in [0.3, 0.4) is 0 Å². The van der Waals surface area contributed by atoms with Crippen molar-refractivity contribution in [2.24, 2.45) is 5.92 Å². The molecular formula is C7H13NO2S. The molecule has 1 saturated heterocycles. The molecule has 0 radical (unpaired) electrons. The zero-order valence-electron chi connectivity index (χ0n) is 7.01. The van der Waals surface area contributed by atoms with Gasteiger partial charge in [-0.15, -0.1) is 11.8 Å². The molecule has 0 aromatic rings. The largest absolute Gasteiger partial charge is 0.453 e. The molecule has 1 aliphatic rings. The van der Waals surface area contributed by atoms with Gasteiger partial charge in [-0.3, -0.25) is 0 Å².